The zero-order chi connectivity index (χ0) is 20.0. The Kier molecular flexibility index (Phi) is 6.57. The lowest BCUT2D eigenvalue weighted by Crippen LogP contribution is -2.44. The van der Waals surface area contributed by atoms with Gasteiger partial charge in [-0.3, -0.25) is 4.79 Å². The summed E-state index contributed by atoms with van der Waals surface area (Å²) in [6.07, 6.45) is -5.63. The Labute approximate surface area is 153 Å². The van der Waals surface area contributed by atoms with Crippen molar-refractivity contribution in [3.05, 3.63) is 71.3 Å². The molecule has 2 aromatic carbocycles. The first-order valence-corrected chi connectivity index (χ1v) is 7.99. The van der Waals surface area contributed by atoms with E-state index in [-0.39, 0.29) is 6.42 Å². The molecule has 2 rings (SSSR count). The Morgan fingerprint density at radius 3 is 2.15 bits per heavy atom. The quantitative estimate of drug-likeness (QED) is 0.772. The van der Waals surface area contributed by atoms with E-state index in [1.165, 1.54) is 19.2 Å². The molecule has 2 atom stereocenters. The van der Waals surface area contributed by atoms with Gasteiger partial charge in [-0.05, 0) is 23.3 Å². The molecule has 0 aliphatic rings. The zero-order valence-corrected chi connectivity index (χ0v) is 14.4. The van der Waals surface area contributed by atoms with Crippen LogP contribution in [0.15, 0.2) is 54.6 Å². The molecule has 1 amide bonds. The molecule has 0 aliphatic heterocycles. The standard InChI is InChI=1S/C19H18F3NO4/c1-27-16(13-5-3-2-4-6-13)17(24)23-15(18(25)26)11-12-7-9-14(10-8-12)19(20,21)22/h2-10,15-16H,11H2,1H3,(H,23,24)(H,25,26)/t15-,16+/m0/s1. The molecular weight excluding hydrogens is 363 g/mol. The number of methoxy groups -OCH3 is 1. The molecule has 27 heavy (non-hydrogen) atoms. The van der Waals surface area contributed by atoms with Crippen LogP contribution in [0, 0.1) is 0 Å². The van der Waals surface area contributed by atoms with E-state index < -0.39 is 35.8 Å². The average Bonchev–Trinajstić information content (AvgIpc) is 2.62. The summed E-state index contributed by atoms with van der Waals surface area (Å²) in [5.41, 5.74) is 0.0752. The highest BCUT2D eigenvalue weighted by Crippen LogP contribution is 2.29. The van der Waals surface area contributed by atoms with E-state index in [4.69, 9.17) is 4.74 Å². The lowest BCUT2D eigenvalue weighted by Gasteiger charge is -2.20. The van der Waals surface area contributed by atoms with Gasteiger partial charge in [-0.15, -0.1) is 0 Å². The summed E-state index contributed by atoms with van der Waals surface area (Å²) in [6.45, 7) is 0. The molecule has 8 heteroatoms. The number of alkyl halides is 3. The first kappa shape index (κ1) is 20.4. The van der Waals surface area contributed by atoms with Gasteiger partial charge < -0.3 is 15.2 Å². The molecular formula is C19H18F3NO4. The monoisotopic (exact) mass is 381 g/mol. The smallest absolute Gasteiger partial charge is 0.416 e. The van der Waals surface area contributed by atoms with Gasteiger partial charge in [-0.25, -0.2) is 4.79 Å². The number of hydrogen-bond acceptors (Lipinski definition) is 3. The lowest BCUT2D eigenvalue weighted by molar-refractivity contribution is -0.144. The van der Waals surface area contributed by atoms with Crippen LogP contribution < -0.4 is 5.32 Å². The number of rotatable bonds is 7. The summed E-state index contributed by atoms with van der Waals surface area (Å²) in [5.74, 6) is -1.95. The number of ether oxygens (including phenoxy) is 1. The Bertz CT molecular complexity index is 776. The van der Waals surface area contributed by atoms with Gasteiger partial charge in [0.25, 0.3) is 5.91 Å². The van der Waals surface area contributed by atoms with E-state index in [0.29, 0.717) is 11.1 Å². The van der Waals surface area contributed by atoms with E-state index in [9.17, 15) is 27.9 Å². The zero-order valence-electron chi connectivity index (χ0n) is 14.4. The molecule has 0 spiro atoms. The predicted molar refractivity (Wildman–Crippen MR) is 90.9 cm³/mol. The number of aliphatic carboxylic acids is 1. The molecule has 2 N–H and O–H groups in total. The second-order valence-electron chi connectivity index (χ2n) is 5.82. The highest BCUT2D eigenvalue weighted by Gasteiger charge is 2.30. The van der Waals surface area contributed by atoms with E-state index in [1.807, 2.05) is 0 Å². The van der Waals surface area contributed by atoms with Crippen molar-refractivity contribution < 1.29 is 32.6 Å². The van der Waals surface area contributed by atoms with Crippen LogP contribution in [0.1, 0.15) is 22.8 Å². The van der Waals surface area contributed by atoms with E-state index in [2.05, 4.69) is 5.32 Å². The van der Waals surface area contributed by atoms with E-state index >= 15 is 0 Å². The van der Waals surface area contributed by atoms with Crippen molar-refractivity contribution >= 4 is 11.9 Å². The Hall–Kier alpha value is -2.87. The average molecular weight is 381 g/mol. The summed E-state index contributed by atoms with van der Waals surface area (Å²) in [7, 11) is 1.32. The van der Waals surface area contributed by atoms with E-state index in [1.54, 1.807) is 30.3 Å². The molecule has 5 nitrogen and oxygen atoms in total. The number of carbonyl (C=O) groups excluding carboxylic acids is 1. The van der Waals surface area contributed by atoms with Gasteiger partial charge >= 0.3 is 12.1 Å². The SMILES string of the molecule is CO[C@@H](C(=O)N[C@@H](Cc1ccc(C(F)(F)F)cc1)C(=O)O)c1ccccc1. The summed E-state index contributed by atoms with van der Waals surface area (Å²) in [4.78, 5) is 23.9. The van der Waals surface area contributed by atoms with Crippen molar-refractivity contribution in [1.82, 2.24) is 5.32 Å². The van der Waals surface area contributed by atoms with Crippen molar-refractivity contribution in [3.63, 3.8) is 0 Å². The van der Waals surface area contributed by atoms with Crippen LogP contribution >= 0.6 is 0 Å². The van der Waals surface area contributed by atoms with E-state index in [0.717, 1.165) is 12.1 Å². The maximum Gasteiger partial charge on any atom is 0.416 e. The molecule has 0 saturated carbocycles. The fraction of sp³-hybridized carbons (Fsp3) is 0.263. The third-order valence-electron chi connectivity index (χ3n) is 3.91. The molecule has 0 bridgehead atoms. The summed E-state index contributed by atoms with van der Waals surface area (Å²) >= 11 is 0. The third kappa shape index (κ3) is 5.55. The normalized spacial score (nSPS) is 13.6. The fourth-order valence-corrected chi connectivity index (χ4v) is 2.54. The molecule has 0 saturated heterocycles. The van der Waals surface area contributed by atoms with Crippen LogP contribution in [0.4, 0.5) is 13.2 Å². The van der Waals surface area contributed by atoms with Gasteiger partial charge in [0.05, 0.1) is 5.56 Å². The Balaban J connectivity index is 2.11. The topological polar surface area (TPSA) is 75.6 Å². The van der Waals surface area contributed by atoms with Crippen molar-refractivity contribution in [2.75, 3.05) is 7.11 Å². The Morgan fingerprint density at radius 1 is 1.07 bits per heavy atom. The lowest BCUT2D eigenvalue weighted by atomic mass is 10.0. The van der Waals surface area contributed by atoms with Gasteiger partial charge in [0.2, 0.25) is 0 Å². The highest BCUT2D eigenvalue weighted by atomic mass is 19.4. The van der Waals surface area contributed by atoms with Crippen LogP contribution in [0.5, 0.6) is 0 Å². The van der Waals surface area contributed by atoms with Crippen LogP contribution in [0.25, 0.3) is 0 Å². The van der Waals surface area contributed by atoms with Crippen LogP contribution in [-0.2, 0) is 26.9 Å². The van der Waals surface area contributed by atoms with Crippen molar-refractivity contribution in [3.8, 4) is 0 Å². The minimum Gasteiger partial charge on any atom is -0.480 e. The number of hydrogen-bond donors (Lipinski definition) is 2. The summed E-state index contributed by atoms with van der Waals surface area (Å²) in [5, 5.41) is 11.7. The van der Waals surface area contributed by atoms with Crippen molar-refractivity contribution in [2.45, 2.75) is 24.7 Å². The van der Waals surface area contributed by atoms with Crippen LogP contribution in [0.2, 0.25) is 0 Å². The number of carbonyl (C=O) groups is 2. The van der Waals surface area contributed by atoms with Gasteiger partial charge in [0, 0.05) is 13.5 Å². The first-order valence-electron chi connectivity index (χ1n) is 7.99. The van der Waals surface area contributed by atoms with Gasteiger partial charge in [-0.1, -0.05) is 42.5 Å². The number of carboxylic acid groups (broad SMARTS) is 1. The molecule has 144 valence electrons. The summed E-state index contributed by atoms with van der Waals surface area (Å²) in [6, 6.07) is 11.3. The second kappa shape index (κ2) is 8.68. The summed E-state index contributed by atoms with van der Waals surface area (Å²) < 4.78 is 43.0. The maximum atomic E-state index is 12.6. The molecule has 0 unspecified atom stereocenters. The molecule has 2 aromatic rings. The molecule has 0 aliphatic carbocycles. The van der Waals surface area contributed by atoms with Crippen LogP contribution in [-0.4, -0.2) is 30.1 Å². The predicted octanol–water partition coefficient (Wildman–Crippen LogP) is 3.21. The number of carboxylic acids is 1. The number of nitrogens with one attached hydrogen (secondary N) is 1. The molecule has 0 heterocycles. The minimum atomic E-state index is -4.47. The molecule has 0 aromatic heterocycles. The Morgan fingerprint density at radius 2 is 1.67 bits per heavy atom. The largest absolute Gasteiger partial charge is 0.480 e. The molecule has 0 fully saturated rings. The fourth-order valence-electron chi connectivity index (χ4n) is 2.54. The number of benzene rings is 2. The van der Waals surface area contributed by atoms with Gasteiger partial charge in [0.1, 0.15) is 6.04 Å². The van der Waals surface area contributed by atoms with Crippen LogP contribution in [0.3, 0.4) is 0 Å². The number of halogens is 3. The maximum absolute atomic E-state index is 12.6. The second-order valence-corrected chi connectivity index (χ2v) is 5.82. The van der Waals surface area contributed by atoms with Gasteiger partial charge in [0.15, 0.2) is 6.10 Å². The van der Waals surface area contributed by atoms with Crippen molar-refractivity contribution in [2.24, 2.45) is 0 Å². The van der Waals surface area contributed by atoms with Crippen molar-refractivity contribution in [1.29, 1.82) is 0 Å². The third-order valence-corrected chi connectivity index (χ3v) is 3.91. The molecule has 0 radical (unpaired) electrons. The minimum absolute atomic E-state index is 0.162. The first-order chi connectivity index (χ1) is 12.7. The van der Waals surface area contributed by atoms with Gasteiger partial charge in [-0.2, -0.15) is 13.2 Å². The highest BCUT2D eigenvalue weighted by molar-refractivity contribution is 5.87. The number of amides is 1.